The zero-order valence-electron chi connectivity index (χ0n) is 9.36. The maximum Gasteiger partial charge on any atom is 0.586 e. The van der Waals surface area contributed by atoms with Crippen LogP contribution in [-0.2, 0) is 0 Å². The van der Waals surface area contributed by atoms with Crippen molar-refractivity contribution in [2.75, 3.05) is 5.32 Å². The fourth-order valence-corrected chi connectivity index (χ4v) is 1.86. The molecule has 2 heterocycles. The number of benzene rings is 1. The van der Waals surface area contributed by atoms with Crippen molar-refractivity contribution < 1.29 is 18.3 Å². The van der Waals surface area contributed by atoms with Gasteiger partial charge in [0.05, 0.1) is 0 Å². The Balaban J connectivity index is 1.82. The summed E-state index contributed by atoms with van der Waals surface area (Å²) in [4.78, 5) is 4.12. The van der Waals surface area contributed by atoms with Gasteiger partial charge in [-0.3, -0.25) is 0 Å². The third-order valence-electron chi connectivity index (χ3n) is 2.40. The van der Waals surface area contributed by atoms with E-state index in [9.17, 15) is 8.78 Å². The van der Waals surface area contributed by atoms with Gasteiger partial charge in [-0.2, -0.15) is 0 Å². The summed E-state index contributed by atoms with van der Waals surface area (Å²) in [6, 6.07) is 8.02. The summed E-state index contributed by atoms with van der Waals surface area (Å²) in [6.45, 7) is 0. The van der Waals surface area contributed by atoms with Crippen molar-refractivity contribution in [2.45, 2.75) is 6.29 Å². The van der Waals surface area contributed by atoms with Gasteiger partial charge in [-0.05, 0) is 40.2 Å². The number of aromatic nitrogens is 1. The van der Waals surface area contributed by atoms with E-state index in [0.717, 1.165) is 4.47 Å². The molecular weight excluding hydrogens is 322 g/mol. The van der Waals surface area contributed by atoms with E-state index in [-0.39, 0.29) is 11.5 Å². The topological polar surface area (TPSA) is 43.4 Å². The van der Waals surface area contributed by atoms with Gasteiger partial charge in [0, 0.05) is 22.4 Å². The maximum absolute atomic E-state index is 12.9. The van der Waals surface area contributed by atoms with E-state index in [0.29, 0.717) is 11.5 Å². The molecule has 0 bridgehead atoms. The highest BCUT2D eigenvalue weighted by Crippen LogP contribution is 2.42. The molecule has 1 aliphatic heterocycles. The first-order valence-corrected chi connectivity index (χ1v) is 6.10. The normalized spacial score (nSPS) is 15.3. The van der Waals surface area contributed by atoms with E-state index in [4.69, 9.17) is 0 Å². The first-order valence-electron chi connectivity index (χ1n) is 5.30. The van der Waals surface area contributed by atoms with Crippen LogP contribution in [0.1, 0.15) is 0 Å². The highest BCUT2D eigenvalue weighted by Gasteiger charge is 2.43. The van der Waals surface area contributed by atoms with Gasteiger partial charge in [0.15, 0.2) is 11.5 Å². The van der Waals surface area contributed by atoms with E-state index in [1.54, 1.807) is 18.3 Å². The highest BCUT2D eigenvalue weighted by molar-refractivity contribution is 9.10. The van der Waals surface area contributed by atoms with Gasteiger partial charge in [0.2, 0.25) is 0 Å². The standard InChI is InChI=1S/C12H7BrF2N2O2/c13-7-1-4-11(16-6-7)17-8-2-3-9-10(5-8)19-12(14,15)18-9/h1-6H,(H,16,17). The molecular formula is C12H7BrF2N2O2. The number of ether oxygens (including phenoxy) is 2. The monoisotopic (exact) mass is 328 g/mol. The van der Waals surface area contributed by atoms with Crippen LogP contribution in [0.25, 0.3) is 0 Å². The summed E-state index contributed by atoms with van der Waals surface area (Å²) in [5, 5.41) is 2.98. The van der Waals surface area contributed by atoms with Crippen LogP contribution in [0, 0.1) is 0 Å². The lowest BCUT2D eigenvalue weighted by Gasteiger charge is -2.06. The van der Waals surface area contributed by atoms with Crippen LogP contribution < -0.4 is 14.8 Å². The first kappa shape index (κ1) is 12.2. The number of nitrogens with zero attached hydrogens (tertiary/aromatic N) is 1. The SMILES string of the molecule is FC1(F)Oc2ccc(Nc3ccc(Br)cn3)cc2O1. The summed E-state index contributed by atoms with van der Waals surface area (Å²) < 4.78 is 35.2. The number of anilines is 2. The highest BCUT2D eigenvalue weighted by atomic mass is 79.9. The molecule has 0 radical (unpaired) electrons. The number of nitrogens with one attached hydrogen (secondary N) is 1. The van der Waals surface area contributed by atoms with Gasteiger partial charge in [0.1, 0.15) is 5.82 Å². The minimum absolute atomic E-state index is 0.00730. The van der Waals surface area contributed by atoms with Crippen LogP contribution in [0.3, 0.4) is 0 Å². The van der Waals surface area contributed by atoms with Crippen LogP contribution in [0.15, 0.2) is 41.0 Å². The molecule has 1 aliphatic rings. The number of pyridine rings is 1. The molecule has 1 aromatic heterocycles. The second kappa shape index (κ2) is 4.34. The summed E-state index contributed by atoms with van der Waals surface area (Å²) in [5.41, 5.74) is 0.579. The van der Waals surface area contributed by atoms with Crippen molar-refractivity contribution in [3.8, 4) is 11.5 Å². The average Bonchev–Trinajstić information content (AvgIpc) is 2.65. The fourth-order valence-electron chi connectivity index (χ4n) is 1.62. The van der Waals surface area contributed by atoms with Gasteiger partial charge >= 0.3 is 6.29 Å². The Kier molecular flexibility index (Phi) is 2.78. The van der Waals surface area contributed by atoms with E-state index in [2.05, 4.69) is 35.7 Å². The molecule has 1 N–H and O–H groups in total. The van der Waals surface area contributed by atoms with Crippen molar-refractivity contribution in [1.29, 1.82) is 0 Å². The molecule has 4 nitrogen and oxygen atoms in total. The molecule has 7 heteroatoms. The minimum atomic E-state index is -3.60. The molecule has 2 aromatic rings. The summed E-state index contributed by atoms with van der Waals surface area (Å²) in [7, 11) is 0. The largest absolute Gasteiger partial charge is 0.586 e. The second-order valence-corrected chi connectivity index (χ2v) is 4.73. The Morgan fingerprint density at radius 3 is 2.63 bits per heavy atom. The molecule has 1 aromatic carbocycles. The van der Waals surface area contributed by atoms with Crippen molar-refractivity contribution >= 4 is 27.4 Å². The van der Waals surface area contributed by atoms with Gasteiger partial charge in [0.25, 0.3) is 0 Å². The predicted octanol–water partition coefficient (Wildman–Crippen LogP) is 3.91. The number of halogens is 3. The molecule has 0 unspecified atom stereocenters. The van der Waals surface area contributed by atoms with Crippen LogP contribution in [0.5, 0.6) is 11.5 Å². The Morgan fingerprint density at radius 1 is 1.11 bits per heavy atom. The summed E-state index contributed by atoms with van der Waals surface area (Å²) in [5.74, 6) is 0.597. The molecule has 0 spiro atoms. The van der Waals surface area contributed by atoms with Crippen LogP contribution in [0.2, 0.25) is 0 Å². The number of hydrogen-bond acceptors (Lipinski definition) is 4. The van der Waals surface area contributed by atoms with Crippen molar-refractivity contribution in [2.24, 2.45) is 0 Å². The Hall–Kier alpha value is -1.89. The van der Waals surface area contributed by atoms with Crippen molar-refractivity contribution in [3.63, 3.8) is 0 Å². The van der Waals surface area contributed by atoms with E-state index < -0.39 is 6.29 Å². The summed E-state index contributed by atoms with van der Waals surface area (Å²) >= 11 is 3.27. The first-order chi connectivity index (χ1) is 9.02. The van der Waals surface area contributed by atoms with Crippen LogP contribution in [-0.4, -0.2) is 11.3 Å². The zero-order valence-corrected chi connectivity index (χ0v) is 10.9. The molecule has 0 saturated carbocycles. The number of hydrogen-bond donors (Lipinski definition) is 1. The van der Waals surface area contributed by atoms with Gasteiger partial charge in [-0.15, -0.1) is 8.78 Å². The molecule has 0 saturated heterocycles. The Labute approximate surface area is 115 Å². The van der Waals surface area contributed by atoms with Crippen LogP contribution >= 0.6 is 15.9 Å². The van der Waals surface area contributed by atoms with E-state index >= 15 is 0 Å². The van der Waals surface area contributed by atoms with Gasteiger partial charge < -0.3 is 14.8 Å². The van der Waals surface area contributed by atoms with E-state index in [1.807, 2.05) is 6.07 Å². The maximum atomic E-state index is 12.9. The molecule has 98 valence electrons. The minimum Gasteiger partial charge on any atom is -0.395 e. The predicted molar refractivity (Wildman–Crippen MR) is 67.9 cm³/mol. The van der Waals surface area contributed by atoms with E-state index in [1.165, 1.54) is 12.1 Å². The number of alkyl halides is 2. The number of rotatable bonds is 2. The molecule has 0 amide bonds. The third kappa shape index (κ3) is 2.60. The molecule has 0 atom stereocenters. The average molecular weight is 329 g/mol. The Morgan fingerprint density at radius 2 is 1.89 bits per heavy atom. The van der Waals surface area contributed by atoms with Gasteiger partial charge in [-0.25, -0.2) is 4.98 Å². The zero-order chi connectivity index (χ0) is 13.5. The fraction of sp³-hybridized carbons (Fsp3) is 0.0833. The van der Waals surface area contributed by atoms with Crippen LogP contribution in [0.4, 0.5) is 20.3 Å². The Bertz CT molecular complexity index is 620. The number of fused-ring (bicyclic) bond motifs is 1. The second-order valence-electron chi connectivity index (χ2n) is 3.82. The molecule has 19 heavy (non-hydrogen) atoms. The molecule has 3 rings (SSSR count). The lowest BCUT2D eigenvalue weighted by Crippen LogP contribution is -2.25. The quantitative estimate of drug-likeness (QED) is 0.907. The third-order valence-corrected chi connectivity index (χ3v) is 2.87. The smallest absolute Gasteiger partial charge is 0.395 e. The lowest BCUT2D eigenvalue weighted by molar-refractivity contribution is -0.286. The molecule has 0 aliphatic carbocycles. The van der Waals surface area contributed by atoms with Crippen molar-refractivity contribution in [1.82, 2.24) is 4.98 Å². The van der Waals surface area contributed by atoms with Crippen molar-refractivity contribution in [3.05, 3.63) is 41.0 Å². The summed E-state index contributed by atoms with van der Waals surface area (Å²) in [6.07, 6.45) is -1.97. The molecule has 0 fully saturated rings. The van der Waals surface area contributed by atoms with Gasteiger partial charge in [-0.1, -0.05) is 0 Å². The lowest BCUT2D eigenvalue weighted by atomic mass is 10.3.